The van der Waals surface area contributed by atoms with Crippen LogP contribution in [0.15, 0.2) is 18.2 Å². The minimum atomic E-state index is -0.894. The van der Waals surface area contributed by atoms with Gasteiger partial charge in [0, 0.05) is 16.7 Å². The van der Waals surface area contributed by atoms with Gasteiger partial charge in [-0.25, -0.2) is 0 Å². The van der Waals surface area contributed by atoms with Crippen LogP contribution in [0.1, 0.15) is 44.1 Å². The third-order valence-corrected chi connectivity index (χ3v) is 4.52. The summed E-state index contributed by atoms with van der Waals surface area (Å²) in [4.78, 5) is 22.5. The standard InChI is InChI=1S/C15H18ClNO4/c16-12-6-5-11(13(9-12)17(20)21)10-15(14(18)19)7-3-1-2-4-8-15/h5-6,9H,1-4,7-8,10H2,(H,18,19). The quantitative estimate of drug-likeness (QED) is 0.513. The molecule has 0 bridgehead atoms. The topological polar surface area (TPSA) is 80.4 Å². The van der Waals surface area contributed by atoms with E-state index < -0.39 is 16.3 Å². The number of nitrogens with zero attached hydrogens (tertiary/aromatic N) is 1. The van der Waals surface area contributed by atoms with Gasteiger partial charge in [-0.1, -0.05) is 43.4 Å². The van der Waals surface area contributed by atoms with Gasteiger partial charge in [-0.2, -0.15) is 0 Å². The Labute approximate surface area is 128 Å². The number of halogens is 1. The number of benzene rings is 1. The van der Waals surface area contributed by atoms with Gasteiger partial charge in [0.05, 0.1) is 10.3 Å². The van der Waals surface area contributed by atoms with Crippen molar-refractivity contribution < 1.29 is 14.8 Å². The van der Waals surface area contributed by atoms with E-state index in [0.29, 0.717) is 18.4 Å². The van der Waals surface area contributed by atoms with Crippen LogP contribution in [0.4, 0.5) is 5.69 Å². The average molecular weight is 312 g/mol. The molecule has 0 atom stereocenters. The molecule has 1 aromatic rings. The van der Waals surface area contributed by atoms with Crippen LogP contribution < -0.4 is 0 Å². The Morgan fingerprint density at radius 3 is 2.43 bits per heavy atom. The van der Waals surface area contributed by atoms with Gasteiger partial charge in [0.25, 0.3) is 5.69 Å². The lowest BCUT2D eigenvalue weighted by molar-refractivity contribution is -0.385. The van der Waals surface area contributed by atoms with E-state index in [-0.39, 0.29) is 17.1 Å². The Bertz CT molecular complexity index is 551. The Balaban J connectivity index is 2.37. The summed E-state index contributed by atoms with van der Waals surface area (Å²) < 4.78 is 0. The molecule has 1 N–H and O–H groups in total. The number of hydrogen-bond acceptors (Lipinski definition) is 3. The lowest BCUT2D eigenvalue weighted by Crippen LogP contribution is -2.33. The summed E-state index contributed by atoms with van der Waals surface area (Å²) in [7, 11) is 0. The van der Waals surface area contributed by atoms with E-state index in [4.69, 9.17) is 11.6 Å². The number of carboxylic acids is 1. The highest BCUT2D eigenvalue weighted by Gasteiger charge is 2.40. The Kier molecular flexibility index (Phi) is 4.83. The predicted molar refractivity (Wildman–Crippen MR) is 79.6 cm³/mol. The molecule has 0 heterocycles. The molecule has 1 saturated carbocycles. The van der Waals surface area contributed by atoms with Gasteiger partial charge in [-0.15, -0.1) is 0 Å². The van der Waals surface area contributed by atoms with Crippen molar-refractivity contribution in [3.8, 4) is 0 Å². The van der Waals surface area contributed by atoms with Gasteiger partial charge < -0.3 is 5.11 Å². The SMILES string of the molecule is O=C(O)C1(Cc2ccc(Cl)cc2[N+](=O)[O-])CCCCCC1. The molecule has 5 nitrogen and oxygen atoms in total. The number of carboxylic acid groups (broad SMARTS) is 1. The minimum Gasteiger partial charge on any atom is -0.481 e. The fourth-order valence-corrected chi connectivity index (χ4v) is 3.26. The average Bonchev–Trinajstić information content (AvgIpc) is 2.67. The number of rotatable bonds is 4. The summed E-state index contributed by atoms with van der Waals surface area (Å²) in [5, 5.41) is 21.1. The second kappa shape index (κ2) is 6.43. The number of hydrogen-bond donors (Lipinski definition) is 1. The monoisotopic (exact) mass is 311 g/mol. The van der Waals surface area contributed by atoms with Gasteiger partial charge in [-0.3, -0.25) is 14.9 Å². The maximum Gasteiger partial charge on any atom is 0.309 e. The first-order valence-corrected chi connectivity index (χ1v) is 7.49. The Morgan fingerprint density at radius 1 is 1.29 bits per heavy atom. The lowest BCUT2D eigenvalue weighted by atomic mass is 9.75. The molecule has 2 rings (SSSR count). The van der Waals surface area contributed by atoms with Crippen LogP contribution in [-0.4, -0.2) is 16.0 Å². The molecule has 0 amide bonds. The highest BCUT2D eigenvalue weighted by Crippen LogP contribution is 2.40. The third kappa shape index (κ3) is 3.53. The molecule has 0 aromatic heterocycles. The molecular formula is C15H18ClNO4. The lowest BCUT2D eigenvalue weighted by Gasteiger charge is -2.28. The van der Waals surface area contributed by atoms with Crippen LogP contribution in [0, 0.1) is 15.5 Å². The third-order valence-electron chi connectivity index (χ3n) is 4.29. The molecule has 0 spiro atoms. The van der Waals surface area contributed by atoms with E-state index in [2.05, 4.69) is 0 Å². The van der Waals surface area contributed by atoms with Crippen LogP contribution >= 0.6 is 11.6 Å². The minimum absolute atomic E-state index is 0.0904. The molecule has 1 fully saturated rings. The molecule has 6 heteroatoms. The molecule has 1 aliphatic rings. The normalized spacial score (nSPS) is 18.0. The molecule has 114 valence electrons. The summed E-state index contributed by atoms with van der Waals surface area (Å²) in [5.74, 6) is -0.853. The highest BCUT2D eigenvalue weighted by molar-refractivity contribution is 6.30. The first-order valence-electron chi connectivity index (χ1n) is 7.11. The summed E-state index contributed by atoms with van der Waals surface area (Å²) in [5.41, 5.74) is -0.532. The van der Waals surface area contributed by atoms with Gasteiger partial charge in [-0.05, 0) is 25.3 Å². The van der Waals surface area contributed by atoms with Crippen molar-refractivity contribution in [2.45, 2.75) is 44.9 Å². The maximum absolute atomic E-state index is 11.8. The van der Waals surface area contributed by atoms with Crippen molar-refractivity contribution in [3.63, 3.8) is 0 Å². The molecule has 1 aromatic carbocycles. The van der Waals surface area contributed by atoms with E-state index in [1.165, 1.54) is 6.07 Å². The molecule has 0 aliphatic heterocycles. The number of nitro benzene ring substituents is 1. The van der Waals surface area contributed by atoms with Crippen molar-refractivity contribution >= 4 is 23.3 Å². The highest BCUT2D eigenvalue weighted by atomic mass is 35.5. The summed E-state index contributed by atoms with van der Waals surface area (Å²) in [6, 6.07) is 4.45. The van der Waals surface area contributed by atoms with Crippen molar-refractivity contribution in [1.29, 1.82) is 0 Å². The molecule has 1 aliphatic carbocycles. The second-order valence-corrected chi connectivity index (χ2v) is 6.14. The van der Waals surface area contributed by atoms with Crippen molar-refractivity contribution in [2.75, 3.05) is 0 Å². The number of carbonyl (C=O) groups is 1. The first kappa shape index (κ1) is 15.8. The van der Waals surface area contributed by atoms with Crippen LogP contribution in [0.5, 0.6) is 0 Å². The molecule has 21 heavy (non-hydrogen) atoms. The maximum atomic E-state index is 11.8. The van der Waals surface area contributed by atoms with Crippen LogP contribution in [0.25, 0.3) is 0 Å². The summed E-state index contributed by atoms with van der Waals surface area (Å²) in [6.07, 6.45) is 5.09. The second-order valence-electron chi connectivity index (χ2n) is 5.71. The van der Waals surface area contributed by atoms with Crippen LogP contribution in [-0.2, 0) is 11.2 Å². The van der Waals surface area contributed by atoms with Gasteiger partial charge in [0.2, 0.25) is 0 Å². The van der Waals surface area contributed by atoms with Crippen molar-refractivity contribution in [3.05, 3.63) is 38.9 Å². The molecule has 0 saturated heterocycles. The molecular weight excluding hydrogens is 294 g/mol. The van der Waals surface area contributed by atoms with E-state index in [0.717, 1.165) is 25.7 Å². The van der Waals surface area contributed by atoms with Gasteiger partial charge >= 0.3 is 5.97 Å². The molecule has 0 unspecified atom stereocenters. The zero-order valence-electron chi connectivity index (χ0n) is 11.7. The largest absolute Gasteiger partial charge is 0.481 e. The van der Waals surface area contributed by atoms with Crippen LogP contribution in [0.3, 0.4) is 0 Å². The van der Waals surface area contributed by atoms with Crippen molar-refractivity contribution in [1.82, 2.24) is 0 Å². The zero-order chi connectivity index (χ0) is 15.5. The van der Waals surface area contributed by atoms with Crippen LogP contribution in [0.2, 0.25) is 5.02 Å². The summed E-state index contributed by atoms with van der Waals surface area (Å²) >= 11 is 5.81. The van der Waals surface area contributed by atoms with E-state index in [1.54, 1.807) is 12.1 Å². The Hall–Kier alpha value is -1.62. The first-order chi connectivity index (χ1) is 9.94. The Morgan fingerprint density at radius 2 is 1.90 bits per heavy atom. The van der Waals surface area contributed by atoms with Crippen molar-refractivity contribution in [2.24, 2.45) is 5.41 Å². The smallest absolute Gasteiger partial charge is 0.309 e. The fourth-order valence-electron chi connectivity index (χ4n) is 3.09. The van der Waals surface area contributed by atoms with E-state index >= 15 is 0 Å². The van der Waals surface area contributed by atoms with E-state index in [1.807, 2.05) is 0 Å². The number of aliphatic carboxylic acids is 1. The molecule has 0 radical (unpaired) electrons. The van der Waals surface area contributed by atoms with Gasteiger partial charge in [0.15, 0.2) is 0 Å². The summed E-state index contributed by atoms with van der Waals surface area (Å²) in [6.45, 7) is 0. The van der Waals surface area contributed by atoms with E-state index in [9.17, 15) is 20.0 Å². The number of nitro groups is 1. The predicted octanol–water partition coefficient (Wildman–Crippen LogP) is 4.22. The van der Waals surface area contributed by atoms with Gasteiger partial charge in [0.1, 0.15) is 0 Å². The fraction of sp³-hybridized carbons (Fsp3) is 0.533. The zero-order valence-corrected chi connectivity index (χ0v) is 12.4.